The normalized spacial score (nSPS) is 18.6. The third-order valence-corrected chi connectivity index (χ3v) is 7.05. The van der Waals surface area contributed by atoms with E-state index in [-0.39, 0.29) is 11.5 Å². The molecule has 0 spiro atoms. The van der Waals surface area contributed by atoms with Crippen molar-refractivity contribution < 1.29 is 17.2 Å². The van der Waals surface area contributed by atoms with Gasteiger partial charge in [-0.2, -0.15) is 0 Å². The monoisotopic (exact) mass is 405 g/mol. The zero-order valence-corrected chi connectivity index (χ0v) is 16.3. The maximum absolute atomic E-state index is 13.4. The van der Waals surface area contributed by atoms with Gasteiger partial charge >= 0.3 is 0 Å². The van der Waals surface area contributed by atoms with Crippen LogP contribution in [0, 0.1) is 11.6 Å². The first-order valence-electron chi connectivity index (χ1n) is 9.17. The molecule has 2 heterocycles. The van der Waals surface area contributed by atoms with Crippen molar-refractivity contribution in [3.8, 4) is 0 Å². The first kappa shape index (κ1) is 19.0. The van der Waals surface area contributed by atoms with Crippen molar-refractivity contribution in [3.05, 3.63) is 65.5 Å². The first-order valence-corrected chi connectivity index (χ1v) is 10.8. The number of benzene rings is 2. The number of nitrogens with zero attached hydrogens (tertiary/aromatic N) is 3. The number of sulfonamides is 1. The Labute approximate surface area is 162 Å². The summed E-state index contributed by atoms with van der Waals surface area (Å²) in [5.74, 6) is -1.14. The fourth-order valence-corrected chi connectivity index (χ4v) is 5.52. The molecule has 0 bridgehead atoms. The van der Waals surface area contributed by atoms with E-state index in [1.54, 1.807) is 0 Å². The molecule has 0 radical (unpaired) electrons. The smallest absolute Gasteiger partial charge is 0.218 e. The third kappa shape index (κ3) is 3.66. The van der Waals surface area contributed by atoms with Gasteiger partial charge in [0.15, 0.2) is 0 Å². The minimum Gasteiger partial charge on any atom is -0.331 e. The second kappa shape index (κ2) is 7.25. The molecule has 1 aliphatic rings. The van der Waals surface area contributed by atoms with Gasteiger partial charge in [-0.1, -0.05) is 12.1 Å². The van der Waals surface area contributed by atoms with Gasteiger partial charge in [0.2, 0.25) is 10.0 Å². The average molecular weight is 405 g/mol. The van der Waals surface area contributed by atoms with Gasteiger partial charge in [-0.25, -0.2) is 26.5 Å². The molecule has 28 heavy (non-hydrogen) atoms. The zero-order chi connectivity index (χ0) is 19.9. The number of halogens is 2. The fourth-order valence-electron chi connectivity index (χ4n) is 3.93. The number of hydrogen-bond acceptors (Lipinski definition) is 3. The Morgan fingerprint density at radius 3 is 2.57 bits per heavy atom. The van der Waals surface area contributed by atoms with Crippen LogP contribution in [0.2, 0.25) is 0 Å². The quantitative estimate of drug-likeness (QED) is 0.667. The number of hydrogen-bond donors (Lipinski definition) is 0. The summed E-state index contributed by atoms with van der Waals surface area (Å²) in [5.41, 5.74) is 2.00. The first-order chi connectivity index (χ1) is 13.3. The Kier molecular flexibility index (Phi) is 4.93. The van der Waals surface area contributed by atoms with Crippen LogP contribution in [-0.2, 0) is 22.8 Å². The van der Waals surface area contributed by atoms with Crippen LogP contribution >= 0.6 is 0 Å². The SMILES string of the molecule is Cn1c([C@H]2CCCN(S(=O)(=O)Cc3cc(F)cc(F)c3)C2)nc2ccccc21. The molecule has 0 unspecified atom stereocenters. The Bertz CT molecular complexity index is 1110. The molecular weight excluding hydrogens is 384 g/mol. The number of fused-ring (bicyclic) bond motifs is 1. The van der Waals surface area contributed by atoms with Gasteiger partial charge in [-0.15, -0.1) is 0 Å². The Morgan fingerprint density at radius 1 is 1.14 bits per heavy atom. The van der Waals surface area contributed by atoms with Crippen LogP contribution in [0.15, 0.2) is 42.5 Å². The predicted octanol–water partition coefficient (Wildman–Crippen LogP) is 3.56. The van der Waals surface area contributed by atoms with Crippen molar-refractivity contribution in [2.24, 2.45) is 7.05 Å². The molecule has 1 saturated heterocycles. The predicted molar refractivity (Wildman–Crippen MR) is 103 cm³/mol. The molecule has 1 atom stereocenters. The van der Waals surface area contributed by atoms with Gasteiger partial charge in [0, 0.05) is 32.1 Å². The van der Waals surface area contributed by atoms with E-state index in [1.807, 2.05) is 35.9 Å². The van der Waals surface area contributed by atoms with Gasteiger partial charge in [0.25, 0.3) is 0 Å². The highest BCUT2D eigenvalue weighted by Gasteiger charge is 2.32. The minimum absolute atomic E-state index is 0.0230. The van der Waals surface area contributed by atoms with E-state index in [2.05, 4.69) is 0 Å². The molecule has 0 amide bonds. The van der Waals surface area contributed by atoms with Crippen molar-refractivity contribution >= 4 is 21.1 Å². The maximum atomic E-state index is 13.4. The average Bonchev–Trinajstić information content (AvgIpc) is 2.98. The Hall–Kier alpha value is -2.32. The number of piperidine rings is 1. The second-order valence-corrected chi connectivity index (χ2v) is 9.22. The lowest BCUT2D eigenvalue weighted by molar-refractivity contribution is 0.306. The van der Waals surface area contributed by atoms with Gasteiger partial charge in [-0.05, 0) is 42.7 Å². The summed E-state index contributed by atoms with van der Waals surface area (Å²) in [6.45, 7) is 0.720. The van der Waals surface area contributed by atoms with Crippen LogP contribution in [0.5, 0.6) is 0 Å². The molecule has 2 aromatic carbocycles. The lowest BCUT2D eigenvalue weighted by Crippen LogP contribution is -2.40. The summed E-state index contributed by atoms with van der Waals surface area (Å²) in [4.78, 5) is 4.70. The molecule has 5 nitrogen and oxygen atoms in total. The van der Waals surface area contributed by atoms with Crippen molar-refractivity contribution in [1.29, 1.82) is 0 Å². The Morgan fingerprint density at radius 2 is 1.86 bits per heavy atom. The zero-order valence-electron chi connectivity index (χ0n) is 15.5. The number of imidazole rings is 1. The van der Waals surface area contributed by atoms with Crippen LogP contribution in [-0.4, -0.2) is 35.4 Å². The highest BCUT2D eigenvalue weighted by Crippen LogP contribution is 2.30. The molecule has 3 aromatic rings. The van der Waals surface area contributed by atoms with Crippen LogP contribution in [0.3, 0.4) is 0 Å². The maximum Gasteiger partial charge on any atom is 0.218 e. The molecular formula is C20H21F2N3O2S. The molecule has 0 aliphatic carbocycles. The second-order valence-electron chi connectivity index (χ2n) is 7.25. The highest BCUT2D eigenvalue weighted by atomic mass is 32.2. The summed E-state index contributed by atoms with van der Waals surface area (Å²) >= 11 is 0. The van der Waals surface area contributed by atoms with Crippen LogP contribution in [0.25, 0.3) is 11.0 Å². The van der Waals surface area contributed by atoms with Crippen LogP contribution < -0.4 is 0 Å². The third-order valence-electron chi connectivity index (χ3n) is 5.24. The van der Waals surface area contributed by atoms with Gasteiger partial charge < -0.3 is 4.57 Å². The fraction of sp³-hybridized carbons (Fsp3) is 0.350. The van der Waals surface area contributed by atoms with Crippen LogP contribution in [0.1, 0.15) is 30.1 Å². The molecule has 148 valence electrons. The molecule has 0 N–H and O–H groups in total. The van der Waals surface area contributed by atoms with Crippen molar-refractivity contribution in [3.63, 3.8) is 0 Å². The standard InChI is InChI=1S/C20H21F2N3O2S/c1-24-19-7-3-2-6-18(19)23-20(24)15-5-4-8-25(12-15)28(26,27)13-14-9-16(21)11-17(22)10-14/h2-3,6-7,9-11,15H,4-5,8,12-13H2,1H3/t15-/m0/s1. The van der Waals surface area contributed by atoms with E-state index >= 15 is 0 Å². The number of aryl methyl sites for hydroxylation is 1. The van der Waals surface area contributed by atoms with E-state index in [4.69, 9.17) is 4.98 Å². The van der Waals surface area contributed by atoms with Gasteiger partial charge in [0.1, 0.15) is 17.5 Å². The highest BCUT2D eigenvalue weighted by molar-refractivity contribution is 7.88. The van der Waals surface area contributed by atoms with E-state index < -0.39 is 27.4 Å². The summed E-state index contributed by atoms with van der Waals surface area (Å²) in [6.07, 6.45) is 1.56. The van der Waals surface area contributed by atoms with Crippen molar-refractivity contribution in [2.75, 3.05) is 13.1 Å². The number of rotatable bonds is 4. The van der Waals surface area contributed by atoms with Gasteiger partial charge in [0.05, 0.1) is 16.8 Å². The summed E-state index contributed by atoms with van der Waals surface area (Å²) in [5, 5.41) is 0. The topological polar surface area (TPSA) is 55.2 Å². The van der Waals surface area contributed by atoms with E-state index in [0.717, 1.165) is 41.5 Å². The molecule has 8 heteroatoms. The summed E-state index contributed by atoms with van der Waals surface area (Å²) < 4.78 is 56.0. The van der Waals surface area contributed by atoms with Gasteiger partial charge in [-0.3, -0.25) is 0 Å². The van der Waals surface area contributed by atoms with Crippen molar-refractivity contribution in [1.82, 2.24) is 13.9 Å². The van der Waals surface area contributed by atoms with E-state index in [0.29, 0.717) is 19.5 Å². The molecule has 1 aliphatic heterocycles. The summed E-state index contributed by atoms with van der Waals surface area (Å²) in [6, 6.07) is 10.7. The molecule has 1 aromatic heterocycles. The number of para-hydroxylation sites is 2. The minimum atomic E-state index is -3.69. The molecule has 1 fully saturated rings. The lowest BCUT2D eigenvalue weighted by atomic mass is 9.99. The van der Waals surface area contributed by atoms with Crippen molar-refractivity contribution in [2.45, 2.75) is 24.5 Å². The van der Waals surface area contributed by atoms with E-state index in [1.165, 1.54) is 4.31 Å². The lowest BCUT2D eigenvalue weighted by Gasteiger charge is -2.31. The largest absolute Gasteiger partial charge is 0.331 e. The number of aromatic nitrogens is 2. The summed E-state index contributed by atoms with van der Waals surface area (Å²) in [7, 11) is -1.75. The van der Waals surface area contributed by atoms with E-state index in [9.17, 15) is 17.2 Å². The van der Waals surface area contributed by atoms with Crippen LogP contribution in [0.4, 0.5) is 8.78 Å². The molecule has 4 rings (SSSR count). The Balaban J connectivity index is 1.58. The molecule has 0 saturated carbocycles.